The molecule has 0 bridgehead atoms. The third-order valence-corrected chi connectivity index (χ3v) is 2.95. The molecule has 0 fully saturated rings. The molecule has 6 nitrogen and oxygen atoms in total. The zero-order valence-corrected chi connectivity index (χ0v) is 11.4. The summed E-state index contributed by atoms with van der Waals surface area (Å²) in [6.45, 7) is 2.31. The van der Waals surface area contributed by atoms with Gasteiger partial charge >= 0.3 is 0 Å². The van der Waals surface area contributed by atoms with Crippen LogP contribution in [-0.2, 0) is 0 Å². The van der Waals surface area contributed by atoms with Crippen LogP contribution in [0, 0.1) is 10.1 Å². The molecule has 20 heavy (non-hydrogen) atoms. The molecule has 104 valence electrons. The monoisotopic (exact) mass is 293 g/mol. The molecular weight excluding hydrogens is 282 g/mol. The molecule has 2 N–H and O–H groups in total. The Kier molecular flexibility index (Phi) is 4.05. The van der Waals surface area contributed by atoms with Crippen molar-refractivity contribution in [2.45, 2.75) is 6.92 Å². The fourth-order valence-electron chi connectivity index (χ4n) is 1.82. The zero-order chi connectivity index (χ0) is 14.7. The summed E-state index contributed by atoms with van der Waals surface area (Å²) in [6, 6.07) is 7.47. The summed E-state index contributed by atoms with van der Waals surface area (Å²) in [5, 5.41) is 14.1. The van der Waals surface area contributed by atoms with Gasteiger partial charge in [-0.05, 0) is 31.2 Å². The SMILES string of the molecule is CCNC(=O)c1ccc(-c2cc(Cl)ccc2[N+](=O)[O-])[nH]1. The third kappa shape index (κ3) is 2.80. The van der Waals surface area contributed by atoms with Gasteiger partial charge in [0.15, 0.2) is 0 Å². The molecule has 0 aliphatic heterocycles. The highest BCUT2D eigenvalue weighted by molar-refractivity contribution is 6.31. The highest BCUT2D eigenvalue weighted by Gasteiger charge is 2.18. The van der Waals surface area contributed by atoms with Gasteiger partial charge in [0.05, 0.1) is 16.2 Å². The van der Waals surface area contributed by atoms with Gasteiger partial charge in [0.2, 0.25) is 0 Å². The van der Waals surface area contributed by atoms with E-state index in [0.29, 0.717) is 28.5 Å². The number of nitrogens with one attached hydrogen (secondary N) is 2. The Balaban J connectivity index is 2.44. The first kappa shape index (κ1) is 14.1. The van der Waals surface area contributed by atoms with E-state index in [1.54, 1.807) is 12.1 Å². The van der Waals surface area contributed by atoms with Gasteiger partial charge in [-0.2, -0.15) is 0 Å². The minimum atomic E-state index is -0.488. The number of nitrogens with zero attached hydrogens (tertiary/aromatic N) is 1. The zero-order valence-electron chi connectivity index (χ0n) is 10.6. The number of H-pyrrole nitrogens is 1. The number of rotatable bonds is 4. The van der Waals surface area contributed by atoms with Crippen LogP contribution in [0.5, 0.6) is 0 Å². The maximum atomic E-state index is 11.7. The maximum Gasteiger partial charge on any atom is 0.278 e. The lowest BCUT2D eigenvalue weighted by atomic mass is 10.1. The highest BCUT2D eigenvalue weighted by atomic mass is 35.5. The van der Waals surface area contributed by atoms with E-state index < -0.39 is 4.92 Å². The fourth-order valence-corrected chi connectivity index (χ4v) is 2.00. The van der Waals surface area contributed by atoms with E-state index in [0.717, 1.165) is 0 Å². The van der Waals surface area contributed by atoms with Gasteiger partial charge in [-0.1, -0.05) is 11.6 Å². The molecule has 0 atom stereocenters. The smallest absolute Gasteiger partial charge is 0.278 e. The van der Waals surface area contributed by atoms with Gasteiger partial charge < -0.3 is 10.3 Å². The van der Waals surface area contributed by atoms with Crippen LogP contribution in [0.25, 0.3) is 11.3 Å². The fraction of sp³-hybridized carbons (Fsp3) is 0.154. The third-order valence-electron chi connectivity index (χ3n) is 2.71. The number of aromatic nitrogens is 1. The number of halogens is 1. The number of nitro benzene ring substituents is 1. The van der Waals surface area contributed by atoms with Gasteiger partial charge in [0.1, 0.15) is 5.69 Å². The molecule has 2 rings (SSSR count). The number of carbonyl (C=O) groups is 1. The van der Waals surface area contributed by atoms with Crippen molar-refractivity contribution in [2.75, 3.05) is 6.54 Å². The average Bonchev–Trinajstić information content (AvgIpc) is 2.88. The molecule has 1 amide bonds. The van der Waals surface area contributed by atoms with E-state index in [1.165, 1.54) is 18.2 Å². The first-order valence-electron chi connectivity index (χ1n) is 5.94. The molecule has 1 aromatic heterocycles. The van der Waals surface area contributed by atoms with E-state index in [-0.39, 0.29) is 11.6 Å². The van der Waals surface area contributed by atoms with Crippen LogP contribution in [0.4, 0.5) is 5.69 Å². The highest BCUT2D eigenvalue weighted by Crippen LogP contribution is 2.31. The summed E-state index contributed by atoms with van der Waals surface area (Å²) < 4.78 is 0. The van der Waals surface area contributed by atoms with Crippen molar-refractivity contribution < 1.29 is 9.72 Å². The summed E-state index contributed by atoms with van der Waals surface area (Å²) in [7, 11) is 0. The summed E-state index contributed by atoms with van der Waals surface area (Å²) in [4.78, 5) is 25.1. The number of benzene rings is 1. The minimum absolute atomic E-state index is 0.0706. The average molecular weight is 294 g/mol. The van der Waals surface area contributed by atoms with Crippen molar-refractivity contribution in [3.8, 4) is 11.3 Å². The van der Waals surface area contributed by atoms with E-state index in [9.17, 15) is 14.9 Å². The second-order valence-electron chi connectivity index (χ2n) is 4.06. The maximum absolute atomic E-state index is 11.7. The molecule has 1 heterocycles. The Morgan fingerprint density at radius 1 is 1.40 bits per heavy atom. The van der Waals surface area contributed by atoms with E-state index in [2.05, 4.69) is 10.3 Å². The lowest BCUT2D eigenvalue weighted by Crippen LogP contribution is -2.22. The lowest BCUT2D eigenvalue weighted by molar-refractivity contribution is -0.384. The van der Waals surface area contributed by atoms with Crippen LogP contribution in [0.2, 0.25) is 5.02 Å². The molecule has 0 unspecified atom stereocenters. The van der Waals surface area contributed by atoms with Crippen LogP contribution in [0.1, 0.15) is 17.4 Å². The lowest BCUT2D eigenvalue weighted by Gasteiger charge is -2.02. The predicted octanol–water partition coefficient (Wildman–Crippen LogP) is 2.99. The van der Waals surface area contributed by atoms with E-state index in [4.69, 9.17) is 11.6 Å². The molecule has 0 spiro atoms. The Labute approximate surface area is 119 Å². The number of nitro groups is 1. The normalized spacial score (nSPS) is 10.3. The minimum Gasteiger partial charge on any atom is -0.351 e. The summed E-state index contributed by atoms with van der Waals surface area (Å²) in [5.74, 6) is -0.261. The molecule has 0 aliphatic rings. The standard InChI is InChI=1S/C13H12ClN3O3/c1-2-15-13(18)11-5-4-10(16-11)9-7-8(14)3-6-12(9)17(19)20/h3-7,16H,2H2,1H3,(H,15,18). The number of amides is 1. The van der Waals surface area contributed by atoms with Gasteiger partial charge in [0.25, 0.3) is 11.6 Å². The van der Waals surface area contributed by atoms with Crippen molar-refractivity contribution in [2.24, 2.45) is 0 Å². The van der Waals surface area contributed by atoms with Gasteiger partial charge in [0, 0.05) is 17.6 Å². The number of hydrogen-bond donors (Lipinski definition) is 2. The molecule has 2 aromatic rings. The van der Waals surface area contributed by atoms with Crippen molar-refractivity contribution in [1.82, 2.24) is 10.3 Å². The van der Waals surface area contributed by atoms with Crippen LogP contribution >= 0.6 is 11.6 Å². The summed E-state index contributed by atoms with van der Waals surface area (Å²) >= 11 is 5.87. The Bertz CT molecular complexity index is 667. The molecule has 0 aliphatic carbocycles. The van der Waals surface area contributed by atoms with Crippen molar-refractivity contribution in [1.29, 1.82) is 0 Å². The van der Waals surface area contributed by atoms with Crippen molar-refractivity contribution in [3.63, 3.8) is 0 Å². The second-order valence-corrected chi connectivity index (χ2v) is 4.50. The number of hydrogen-bond acceptors (Lipinski definition) is 3. The Morgan fingerprint density at radius 2 is 2.15 bits per heavy atom. The molecule has 0 radical (unpaired) electrons. The predicted molar refractivity (Wildman–Crippen MR) is 75.9 cm³/mol. The summed E-state index contributed by atoms with van der Waals surface area (Å²) in [6.07, 6.45) is 0. The van der Waals surface area contributed by atoms with Gasteiger partial charge in [-0.15, -0.1) is 0 Å². The molecule has 0 saturated carbocycles. The van der Waals surface area contributed by atoms with Crippen LogP contribution < -0.4 is 5.32 Å². The summed E-state index contributed by atoms with van der Waals surface area (Å²) in [5.41, 5.74) is 1.09. The molecule has 7 heteroatoms. The Hall–Kier alpha value is -2.34. The van der Waals surface area contributed by atoms with E-state index in [1.807, 2.05) is 6.92 Å². The number of carbonyl (C=O) groups excluding carboxylic acids is 1. The first-order chi connectivity index (χ1) is 9.52. The van der Waals surface area contributed by atoms with E-state index >= 15 is 0 Å². The Morgan fingerprint density at radius 3 is 2.80 bits per heavy atom. The van der Waals surface area contributed by atoms with Crippen LogP contribution in [0.15, 0.2) is 30.3 Å². The quantitative estimate of drug-likeness (QED) is 0.671. The van der Waals surface area contributed by atoms with Crippen molar-refractivity contribution >= 4 is 23.2 Å². The second kappa shape index (κ2) is 5.75. The van der Waals surface area contributed by atoms with Crippen LogP contribution in [-0.4, -0.2) is 22.4 Å². The molecular formula is C13H12ClN3O3. The van der Waals surface area contributed by atoms with Crippen LogP contribution in [0.3, 0.4) is 0 Å². The first-order valence-corrected chi connectivity index (χ1v) is 6.32. The molecule has 1 aromatic carbocycles. The largest absolute Gasteiger partial charge is 0.351 e. The number of aromatic amines is 1. The molecule has 0 saturated heterocycles. The topological polar surface area (TPSA) is 88.0 Å². The van der Waals surface area contributed by atoms with Crippen molar-refractivity contribution in [3.05, 3.63) is 51.2 Å². The van der Waals surface area contributed by atoms with Gasteiger partial charge in [-0.25, -0.2) is 0 Å². The van der Waals surface area contributed by atoms with Gasteiger partial charge in [-0.3, -0.25) is 14.9 Å².